The number of phosphoric acid groups is 1. The Morgan fingerprint density at radius 1 is 1.03 bits per heavy atom. The molecule has 2 N–H and O–H groups in total. The average molecular weight is 445 g/mol. The van der Waals surface area contributed by atoms with Crippen LogP contribution in [-0.4, -0.2) is 14.4 Å². The van der Waals surface area contributed by atoms with Crippen molar-refractivity contribution in [1.82, 2.24) is 4.57 Å². The Balaban J connectivity index is 0.000000749. The van der Waals surface area contributed by atoms with E-state index in [0.29, 0.717) is 0 Å². The molecule has 0 bridgehead atoms. The van der Waals surface area contributed by atoms with Crippen molar-refractivity contribution in [3.05, 3.63) is 53.6 Å². The lowest BCUT2D eigenvalue weighted by atomic mass is 10.1. The molecule has 0 saturated heterocycles. The van der Waals surface area contributed by atoms with Crippen LogP contribution in [0.4, 0.5) is 0 Å². The van der Waals surface area contributed by atoms with Crippen molar-refractivity contribution in [2.24, 2.45) is 0 Å². The molecule has 2 aromatic rings. The highest BCUT2D eigenvalue weighted by molar-refractivity contribution is 7.43. The van der Waals surface area contributed by atoms with Crippen molar-refractivity contribution in [2.45, 2.75) is 77.8 Å². The molecule has 1 aromatic carbocycles. The van der Waals surface area contributed by atoms with Gasteiger partial charge in [-0.3, -0.25) is 4.57 Å². The van der Waals surface area contributed by atoms with Crippen LogP contribution in [0.25, 0.3) is 0 Å². The lowest BCUT2D eigenvalue weighted by Gasteiger charge is -2.01. The summed E-state index contributed by atoms with van der Waals surface area (Å²) in [6.07, 6.45) is 18.4. The second-order valence-electron chi connectivity index (χ2n) is 7.23. The summed E-state index contributed by atoms with van der Waals surface area (Å²) < 4.78 is 13.4. The summed E-state index contributed by atoms with van der Waals surface area (Å²) in [7, 11) is -4.89. The maximum absolute atomic E-state index is 8.77. The van der Waals surface area contributed by atoms with Gasteiger partial charge in [0, 0.05) is 5.02 Å². The fraction of sp³-hybridized carbons (Fsp3) is 0.571. The van der Waals surface area contributed by atoms with Crippen molar-refractivity contribution in [2.75, 3.05) is 0 Å². The van der Waals surface area contributed by atoms with E-state index in [1.54, 1.807) is 0 Å². The molecule has 6 nitrogen and oxygen atoms in total. The highest BCUT2D eigenvalue weighted by Crippen LogP contribution is 2.19. The van der Waals surface area contributed by atoms with Gasteiger partial charge in [-0.2, -0.15) is 0 Å². The topological polar surface area (TPSA) is 89.4 Å². The van der Waals surface area contributed by atoms with Crippen LogP contribution in [0, 0.1) is 0 Å². The van der Waals surface area contributed by atoms with Crippen LogP contribution in [0.3, 0.4) is 0 Å². The first-order chi connectivity index (χ1) is 13.8. The zero-order valence-corrected chi connectivity index (χ0v) is 18.9. The van der Waals surface area contributed by atoms with Crippen molar-refractivity contribution in [1.29, 1.82) is 0 Å². The summed E-state index contributed by atoms with van der Waals surface area (Å²) in [4.78, 5) is 22.9. The van der Waals surface area contributed by atoms with E-state index in [2.05, 4.69) is 46.9 Å². The highest BCUT2D eigenvalue weighted by Gasteiger charge is 2.03. The van der Waals surface area contributed by atoms with Gasteiger partial charge < -0.3 is 14.7 Å². The molecule has 0 saturated carbocycles. The van der Waals surface area contributed by atoms with Crippen LogP contribution in [0.15, 0.2) is 43.0 Å². The summed E-state index contributed by atoms with van der Waals surface area (Å²) in [6.45, 7) is 4.56. The number of nitrogens with zero attached hydrogens (tertiary/aromatic N) is 2. The van der Waals surface area contributed by atoms with Gasteiger partial charge in [0.05, 0.1) is 13.1 Å². The molecule has 8 heteroatoms. The first-order valence-corrected chi connectivity index (χ1v) is 12.2. The second-order valence-corrected chi connectivity index (χ2v) is 8.65. The van der Waals surface area contributed by atoms with Gasteiger partial charge in [0.25, 0.3) is 7.82 Å². The average Bonchev–Trinajstić information content (AvgIpc) is 3.09. The van der Waals surface area contributed by atoms with Gasteiger partial charge >= 0.3 is 0 Å². The molecule has 0 radical (unpaired) electrons. The Labute approximate surface area is 179 Å². The van der Waals surface area contributed by atoms with Gasteiger partial charge in [-0.25, -0.2) is 9.13 Å². The summed E-state index contributed by atoms with van der Waals surface area (Å²) in [5.74, 6) is 0. The molecule has 2 rings (SSSR count). The van der Waals surface area contributed by atoms with Crippen LogP contribution >= 0.6 is 19.4 Å². The number of unbranched alkanes of at least 4 members (excludes halogenated alkanes) is 6. The number of aryl methyl sites for hydroxylation is 3. The minimum atomic E-state index is -4.89. The third-order valence-corrected chi connectivity index (χ3v) is 4.81. The SMILES string of the molecule is CCCCCCCn1cc[n+](CCCCCc2ccc(Cl)cc2)c1.O=P([O-])(O)O. The van der Waals surface area contributed by atoms with Crippen LogP contribution in [0.2, 0.25) is 5.02 Å². The monoisotopic (exact) mass is 444 g/mol. The molecule has 164 valence electrons. The Kier molecular flexibility index (Phi) is 13.2. The zero-order valence-electron chi connectivity index (χ0n) is 17.3. The lowest BCUT2D eigenvalue weighted by molar-refractivity contribution is -0.696. The number of rotatable bonds is 12. The molecule has 0 amide bonds. The first-order valence-electron chi connectivity index (χ1n) is 10.3. The number of imidazole rings is 1. The van der Waals surface area contributed by atoms with E-state index < -0.39 is 7.82 Å². The molecule has 1 aromatic heterocycles. The summed E-state index contributed by atoms with van der Waals surface area (Å²) in [6, 6.07) is 8.24. The van der Waals surface area contributed by atoms with Crippen molar-refractivity contribution >= 4 is 19.4 Å². The molecule has 0 unspecified atom stereocenters. The third kappa shape index (κ3) is 15.3. The van der Waals surface area contributed by atoms with Crippen LogP contribution < -0.4 is 9.46 Å². The van der Waals surface area contributed by atoms with E-state index in [4.69, 9.17) is 30.8 Å². The normalized spacial score (nSPS) is 11.2. The molecular weight excluding hydrogens is 411 g/mol. The maximum Gasteiger partial charge on any atom is 0.262 e. The molecule has 0 aliphatic heterocycles. The Morgan fingerprint density at radius 3 is 2.31 bits per heavy atom. The minimum absolute atomic E-state index is 0.824. The first kappa shape index (κ1) is 25.9. The molecule has 0 fully saturated rings. The van der Waals surface area contributed by atoms with E-state index >= 15 is 0 Å². The van der Waals surface area contributed by atoms with Gasteiger partial charge in [0.1, 0.15) is 12.4 Å². The number of halogens is 1. The van der Waals surface area contributed by atoms with Crippen LogP contribution in [-0.2, 0) is 24.1 Å². The van der Waals surface area contributed by atoms with E-state index in [-0.39, 0.29) is 0 Å². The Hall–Kier alpha value is -1.17. The minimum Gasteiger partial charge on any atom is -0.756 e. The van der Waals surface area contributed by atoms with E-state index in [1.165, 1.54) is 56.9 Å². The standard InChI is InChI=1S/C21H32ClN2.H3O4P/c1-2-3-4-5-8-15-23-17-18-24(19-23)16-9-6-7-10-20-11-13-21(22)14-12-20;1-5(2,3)4/h11-14,17-19H,2-10,15-16H2,1H3;(H3,1,2,3,4)/q+1;/p-1. The van der Waals surface area contributed by atoms with E-state index in [1.807, 2.05) is 12.1 Å². The number of hydrogen-bond donors (Lipinski definition) is 2. The smallest absolute Gasteiger partial charge is 0.262 e. The van der Waals surface area contributed by atoms with Crippen molar-refractivity contribution in [3.63, 3.8) is 0 Å². The molecule has 1 heterocycles. The number of hydrogen-bond acceptors (Lipinski definition) is 2. The van der Waals surface area contributed by atoms with Gasteiger partial charge in [-0.05, 0) is 56.2 Å². The molecule has 0 aliphatic rings. The Morgan fingerprint density at radius 2 is 1.66 bits per heavy atom. The summed E-state index contributed by atoms with van der Waals surface area (Å²) in [5.41, 5.74) is 1.39. The van der Waals surface area contributed by atoms with Gasteiger partial charge in [-0.1, -0.05) is 49.9 Å². The molecule has 0 atom stereocenters. The zero-order chi connectivity index (χ0) is 21.5. The molecular formula is C21H34ClN2O4P. The maximum atomic E-state index is 8.77. The largest absolute Gasteiger partial charge is 0.756 e. The second kappa shape index (κ2) is 14.8. The predicted octanol–water partition coefficient (Wildman–Crippen LogP) is 4.25. The third-order valence-electron chi connectivity index (χ3n) is 4.56. The number of benzene rings is 1. The van der Waals surface area contributed by atoms with Gasteiger partial charge in [0.15, 0.2) is 0 Å². The Bertz CT molecular complexity index is 707. The molecule has 0 aliphatic carbocycles. The number of aromatic nitrogens is 2. The predicted molar refractivity (Wildman–Crippen MR) is 114 cm³/mol. The fourth-order valence-electron chi connectivity index (χ4n) is 3.05. The lowest BCUT2D eigenvalue weighted by Crippen LogP contribution is -2.30. The van der Waals surface area contributed by atoms with Gasteiger partial charge in [0.2, 0.25) is 6.33 Å². The van der Waals surface area contributed by atoms with Crippen molar-refractivity contribution < 1.29 is 23.8 Å². The van der Waals surface area contributed by atoms with Crippen molar-refractivity contribution in [3.8, 4) is 0 Å². The molecule has 0 spiro atoms. The van der Waals surface area contributed by atoms with E-state index in [9.17, 15) is 0 Å². The molecule has 29 heavy (non-hydrogen) atoms. The van der Waals surface area contributed by atoms with E-state index in [0.717, 1.165) is 24.5 Å². The quantitative estimate of drug-likeness (QED) is 0.291. The van der Waals surface area contributed by atoms with Crippen LogP contribution in [0.1, 0.15) is 63.9 Å². The highest BCUT2D eigenvalue weighted by atomic mass is 35.5. The van der Waals surface area contributed by atoms with Crippen LogP contribution in [0.5, 0.6) is 0 Å². The summed E-state index contributed by atoms with van der Waals surface area (Å²) >= 11 is 5.91. The van der Waals surface area contributed by atoms with Gasteiger partial charge in [-0.15, -0.1) is 0 Å². The summed E-state index contributed by atoms with van der Waals surface area (Å²) in [5, 5.41) is 0.824. The fourth-order valence-corrected chi connectivity index (χ4v) is 3.18.